The summed E-state index contributed by atoms with van der Waals surface area (Å²) in [4.78, 5) is 23.8. The Morgan fingerprint density at radius 1 is 1.19 bits per heavy atom. The van der Waals surface area contributed by atoms with Crippen molar-refractivity contribution >= 4 is 69.7 Å². The Labute approximate surface area is 172 Å². The van der Waals surface area contributed by atoms with Gasteiger partial charge in [0.05, 0.1) is 18.4 Å². The number of anilines is 1. The average Bonchev–Trinajstić information content (AvgIpc) is 2.52. The molecule has 1 aromatic rings. The lowest BCUT2D eigenvalue weighted by molar-refractivity contribution is -0.122. The summed E-state index contributed by atoms with van der Waals surface area (Å²) in [6.45, 7) is 3.79. The molecule has 1 atom stereocenters. The van der Waals surface area contributed by atoms with E-state index in [1.807, 2.05) is 13.8 Å². The molecule has 0 aliphatic heterocycles. The van der Waals surface area contributed by atoms with E-state index in [9.17, 15) is 9.59 Å². The molecule has 0 radical (unpaired) electrons. The molecule has 0 aliphatic rings. The third-order valence-corrected chi connectivity index (χ3v) is 3.96. The Bertz CT molecular complexity index is 666. The summed E-state index contributed by atoms with van der Waals surface area (Å²) in [5.74, 6) is -0.677. The van der Waals surface area contributed by atoms with Crippen LogP contribution in [0, 0.1) is 5.92 Å². The molecule has 6 nitrogen and oxygen atoms in total. The van der Waals surface area contributed by atoms with Gasteiger partial charge in [0.15, 0.2) is 5.11 Å². The molecule has 10 heteroatoms. The molecule has 1 amide bonds. The number of thiocarbonyl (C=S) groups is 1. The van der Waals surface area contributed by atoms with E-state index >= 15 is 0 Å². The number of esters is 1. The van der Waals surface area contributed by atoms with Crippen LogP contribution in [0.15, 0.2) is 24.3 Å². The first-order valence-corrected chi connectivity index (χ1v) is 9.19. The molecule has 144 valence electrons. The monoisotopic (exact) mass is 439 g/mol. The van der Waals surface area contributed by atoms with Crippen LogP contribution in [0.25, 0.3) is 0 Å². The Balaban J connectivity index is 2.85. The van der Waals surface area contributed by atoms with Crippen LogP contribution in [0.1, 0.15) is 30.6 Å². The summed E-state index contributed by atoms with van der Waals surface area (Å²) in [5.41, 5.74) is 0.696. The van der Waals surface area contributed by atoms with Gasteiger partial charge in [0.1, 0.15) is 6.17 Å². The number of hydrogen-bond donors (Lipinski definition) is 3. The fourth-order valence-corrected chi connectivity index (χ4v) is 2.52. The van der Waals surface area contributed by atoms with E-state index in [-0.39, 0.29) is 28.9 Å². The number of nitrogens with one attached hydrogen (secondary N) is 3. The lowest BCUT2D eigenvalue weighted by Gasteiger charge is -2.28. The van der Waals surface area contributed by atoms with E-state index < -0.39 is 15.9 Å². The number of halogens is 3. The third kappa shape index (κ3) is 7.53. The van der Waals surface area contributed by atoms with Crippen LogP contribution in [-0.2, 0) is 9.53 Å². The number of methoxy groups -OCH3 is 1. The summed E-state index contributed by atoms with van der Waals surface area (Å²) >= 11 is 23.0. The zero-order chi connectivity index (χ0) is 19.9. The van der Waals surface area contributed by atoms with Crippen molar-refractivity contribution in [2.24, 2.45) is 5.92 Å². The van der Waals surface area contributed by atoms with Crippen LogP contribution in [0.3, 0.4) is 0 Å². The van der Waals surface area contributed by atoms with E-state index in [0.717, 1.165) is 0 Å². The molecule has 0 saturated carbocycles. The zero-order valence-electron chi connectivity index (χ0n) is 14.4. The van der Waals surface area contributed by atoms with Crippen molar-refractivity contribution in [3.63, 3.8) is 0 Å². The molecule has 0 fully saturated rings. The molecule has 1 aromatic carbocycles. The number of carbonyl (C=O) groups is 2. The molecule has 0 saturated heterocycles. The smallest absolute Gasteiger partial charge is 0.339 e. The minimum absolute atomic E-state index is 0.0579. The van der Waals surface area contributed by atoms with Crippen molar-refractivity contribution in [1.29, 1.82) is 0 Å². The van der Waals surface area contributed by atoms with E-state index in [2.05, 4.69) is 16.0 Å². The Morgan fingerprint density at radius 2 is 1.81 bits per heavy atom. The SMILES string of the molecule is COC(=O)c1ccccc1NC(=S)NC(NC(=O)CC(C)C)C(Cl)(Cl)Cl. The molecule has 0 aliphatic carbocycles. The predicted octanol–water partition coefficient (Wildman–Crippen LogP) is 3.62. The van der Waals surface area contributed by atoms with Gasteiger partial charge in [-0.15, -0.1) is 0 Å². The Kier molecular flexibility index (Phi) is 8.89. The number of ether oxygens (including phenoxy) is 1. The molecular weight excluding hydrogens is 421 g/mol. The number of alkyl halides is 3. The molecule has 0 bridgehead atoms. The van der Waals surface area contributed by atoms with Gasteiger partial charge < -0.3 is 20.7 Å². The Morgan fingerprint density at radius 3 is 2.35 bits per heavy atom. The highest BCUT2D eigenvalue weighted by Crippen LogP contribution is 2.29. The highest BCUT2D eigenvalue weighted by molar-refractivity contribution is 7.80. The van der Waals surface area contributed by atoms with E-state index in [4.69, 9.17) is 51.8 Å². The summed E-state index contributed by atoms with van der Waals surface area (Å²) in [7, 11) is 1.28. The van der Waals surface area contributed by atoms with Gasteiger partial charge in [0.2, 0.25) is 9.70 Å². The van der Waals surface area contributed by atoms with Gasteiger partial charge >= 0.3 is 5.97 Å². The third-order valence-electron chi connectivity index (χ3n) is 3.08. The molecule has 1 unspecified atom stereocenters. The zero-order valence-corrected chi connectivity index (χ0v) is 17.5. The highest BCUT2D eigenvalue weighted by atomic mass is 35.6. The van der Waals surface area contributed by atoms with Gasteiger partial charge in [-0.2, -0.15) is 0 Å². The molecule has 0 heterocycles. The maximum atomic E-state index is 12.0. The first kappa shape index (κ1) is 22.8. The van der Waals surface area contributed by atoms with Crippen molar-refractivity contribution < 1.29 is 14.3 Å². The second-order valence-corrected chi connectivity index (χ2v) is 8.55. The van der Waals surface area contributed by atoms with Gasteiger partial charge in [0.25, 0.3) is 0 Å². The quantitative estimate of drug-likeness (QED) is 0.271. The van der Waals surface area contributed by atoms with Crippen molar-refractivity contribution in [3.8, 4) is 0 Å². The van der Waals surface area contributed by atoms with Crippen LogP contribution < -0.4 is 16.0 Å². The maximum absolute atomic E-state index is 12.0. The van der Waals surface area contributed by atoms with Crippen molar-refractivity contribution in [2.45, 2.75) is 30.2 Å². The van der Waals surface area contributed by atoms with E-state index in [0.29, 0.717) is 5.69 Å². The molecule has 3 N–H and O–H groups in total. The van der Waals surface area contributed by atoms with E-state index in [1.54, 1.807) is 24.3 Å². The normalized spacial score (nSPS) is 12.3. The minimum Gasteiger partial charge on any atom is -0.465 e. The van der Waals surface area contributed by atoms with Gasteiger partial charge in [0, 0.05) is 6.42 Å². The number of para-hydroxylation sites is 1. The molecule has 0 aromatic heterocycles. The summed E-state index contributed by atoms with van der Waals surface area (Å²) in [6, 6.07) is 6.62. The summed E-state index contributed by atoms with van der Waals surface area (Å²) < 4.78 is 2.87. The van der Waals surface area contributed by atoms with Gasteiger partial charge in [-0.1, -0.05) is 60.8 Å². The van der Waals surface area contributed by atoms with Crippen molar-refractivity contribution in [3.05, 3.63) is 29.8 Å². The summed E-state index contributed by atoms with van der Waals surface area (Å²) in [5, 5.41) is 8.22. The molecular formula is C16H20Cl3N3O3S. The first-order chi connectivity index (χ1) is 12.0. The fraction of sp³-hybridized carbons (Fsp3) is 0.438. The fourth-order valence-electron chi connectivity index (χ4n) is 1.96. The number of benzene rings is 1. The van der Waals surface area contributed by atoms with Crippen LogP contribution in [0.4, 0.5) is 5.69 Å². The van der Waals surface area contributed by atoms with E-state index in [1.165, 1.54) is 7.11 Å². The molecule has 1 rings (SSSR count). The Hall–Kier alpha value is -1.28. The summed E-state index contributed by atoms with van der Waals surface area (Å²) in [6.07, 6.45) is -0.798. The van der Waals surface area contributed by atoms with Crippen molar-refractivity contribution in [2.75, 3.05) is 12.4 Å². The maximum Gasteiger partial charge on any atom is 0.339 e. The average molecular weight is 441 g/mol. The predicted molar refractivity (Wildman–Crippen MR) is 109 cm³/mol. The number of amides is 1. The van der Waals surface area contributed by atoms with Gasteiger partial charge in [-0.05, 0) is 30.3 Å². The van der Waals surface area contributed by atoms with Crippen LogP contribution in [0.2, 0.25) is 0 Å². The lowest BCUT2D eigenvalue weighted by atomic mass is 10.1. The van der Waals surface area contributed by atoms with Crippen LogP contribution in [0.5, 0.6) is 0 Å². The lowest BCUT2D eigenvalue weighted by Crippen LogP contribution is -2.56. The standard InChI is InChI=1S/C16H20Cl3N3O3S/c1-9(2)8-12(23)21-14(16(17,18)19)22-15(26)20-11-7-5-4-6-10(11)13(24)25-3/h4-7,9,14H,8H2,1-3H3,(H,21,23)(H2,20,22,26). The van der Waals surface area contributed by atoms with Gasteiger partial charge in [-0.25, -0.2) is 4.79 Å². The second-order valence-electron chi connectivity index (χ2n) is 5.78. The van der Waals surface area contributed by atoms with Gasteiger partial charge in [-0.3, -0.25) is 4.79 Å². The highest BCUT2D eigenvalue weighted by Gasteiger charge is 2.34. The molecule has 0 spiro atoms. The number of hydrogen-bond acceptors (Lipinski definition) is 4. The topological polar surface area (TPSA) is 79.5 Å². The largest absolute Gasteiger partial charge is 0.465 e. The first-order valence-electron chi connectivity index (χ1n) is 7.65. The number of rotatable bonds is 6. The minimum atomic E-state index is -1.85. The van der Waals surface area contributed by atoms with Crippen LogP contribution in [-0.4, -0.2) is 34.1 Å². The number of carbonyl (C=O) groups excluding carboxylic acids is 2. The van der Waals surface area contributed by atoms with Crippen LogP contribution >= 0.6 is 47.0 Å². The molecule has 26 heavy (non-hydrogen) atoms. The van der Waals surface area contributed by atoms with Crippen molar-refractivity contribution in [1.82, 2.24) is 10.6 Å². The second kappa shape index (κ2) is 10.2.